The topological polar surface area (TPSA) is 55.5 Å². The molecule has 0 spiro atoms. The molecule has 2 aromatic carbocycles. The molecule has 21 heavy (non-hydrogen) atoms. The highest BCUT2D eigenvalue weighted by Gasteiger charge is 2.15. The van der Waals surface area contributed by atoms with Gasteiger partial charge in [0, 0.05) is 18.7 Å². The van der Waals surface area contributed by atoms with Crippen LogP contribution in [-0.2, 0) is 0 Å². The minimum atomic E-state index is -0.386. The average Bonchev–Trinajstić information content (AvgIpc) is 2.97. The highest BCUT2D eigenvalue weighted by Crippen LogP contribution is 2.22. The van der Waals surface area contributed by atoms with E-state index < -0.39 is 0 Å². The van der Waals surface area contributed by atoms with Crippen LogP contribution in [0.25, 0.3) is 6.08 Å². The number of rotatable bonds is 3. The number of benzene rings is 2. The predicted octanol–water partition coefficient (Wildman–Crippen LogP) is 3.87. The van der Waals surface area contributed by atoms with Crippen molar-refractivity contribution in [3.8, 4) is 0 Å². The Labute approximate surface area is 122 Å². The highest BCUT2D eigenvalue weighted by atomic mass is 16.6. The van der Waals surface area contributed by atoms with Crippen molar-refractivity contribution in [2.24, 2.45) is 4.99 Å². The van der Waals surface area contributed by atoms with Gasteiger partial charge < -0.3 is 0 Å². The number of nitrogens with zero attached hydrogens (tertiary/aromatic N) is 2. The van der Waals surface area contributed by atoms with Gasteiger partial charge in [0.15, 0.2) is 0 Å². The molecule has 0 unspecified atom stereocenters. The molecule has 1 aliphatic rings. The number of hydrogen-bond donors (Lipinski definition) is 0. The molecule has 1 aliphatic heterocycles. The van der Waals surface area contributed by atoms with Crippen molar-refractivity contribution >= 4 is 17.5 Å². The molecule has 104 valence electrons. The molecule has 0 N–H and O–H groups in total. The van der Waals surface area contributed by atoms with Crippen LogP contribution in [0.3, 0.4) is 0 Å². The Hall–Kier alpha value is -2.75. The summed E-state index contributed by atoms with van der Waals surface area (Å²) in [4.78, 5) is 14.8. The smallest absolute Gasteiger partial charge is 0.269 e. The summed E-state index contributed by atoms with van der Waals surface area (Å²) in [6.45, 7) is 0.795. The molecule has 4 heteroatoms. The number of aliphatic imine (C=N–C) groups is 1. The van der Waals surface area contributed by atoms with Crippen molar-refractivity contribution in [2.75, 3.05) is 6.54 Å². The molecule has 0 aliphatic carbocycles. The quantitative estimate of drug-likeness (QED) is 0.632. The van der Waals surface area contributed by atoms with Crippen LogP contribution in [0.4, 0.5) is 5.69 Å². The van der Waals surface area contributed by atoms with Crippen molar-refractivity contribution in [3.63, 3.8) is 0 Å². The van der Waals surface area contributed by atoms with Crippen LogP contribution in [-0.4, -0.2) is 17.2 Å². The SMILES string of the molecule is O=[N+]([O-])c1ccc(/C=C2/CCN=C2c2ccccc2)cc1. The van der Waals surface area contributed by atoms with E-state index in [0.29, 0.717) is 0 Å². The van der Waals surface area contributed by atoms with Crippen LogP contribution < -0.4 is 0 Å². The van der Waals surface area contributed by atoms with Crippen LogP contribution in [0.5, 0.6) is 0 Å². The lowest BCUT2D eigenvalue weighted by Crippen LogP contribution is -1.99. The van der Waals surface area contributed by atoms with Crippen molar-refractivity contribution in [2.45, 2.75) is 6.42 Å². The first kappa shape index (κ1) is 13.2. The van der Waals surface area contributed by atoms with Crippen molar-refractivity contribution in [1.29, 1.82) is 0 Å². The summed E-state index contributed by atoms with van der Waals surface area (Å²) in [5.74, 6) is 0. The lowest BCUT2D eigenvalue weighted by molar-refractivity contribution is -0.384. The third-order valence-corrected chi connectivity index (χ3v) is 3.45. The van der Waals surface area contributed by atoms with E-state index in [0.717, 1.165) is 29.8 Å². The fraction of sp³-hybridized carbons (Fsp3) is 0.118. The number of nitro groups is 1. The van der Waals surface area contributed by atoms with E-state index in [9.17, 15) is 10.1 Å². The molecule has 0 saturated heterocycles. The number of hydrogen-bond acceptors (Lipinski definition) is 3. The average molecular weight is 278 g/mol. The van der Waals surface area contributed by atoms with Crippen molar-refractivity contribution in [3.05, 3.63) is 81.4 Å². The second kappa shape index (κ2) is 5.71. The van der Waals surface area contributed by atoms with Gasteiger partial charge in [0.1, 0.15) is 0 Å². The standard InChI is InChI=1S/C17H14N2O2/c20-19(21)16-8-6-13(7-9-16)12-15-10-11-18-17(15)14-4-2-1-3-5-14/h1-9,12H,10-11H2/b15-12-. The van der Waals surface area contributed by atoms with Gasteiger partial charge in [0.05, 0.1) is 10.6 Å². The van der Waals surface area contributed by atoms with Gasteiger partial charge in [-0.1, -0.05) is 30.3 Å². The van der Waals surface area contributed by atoms with E-state index in [1.165, 1.54) is 17.7 Å². The van der Waals surface area contributed by atoms with E-state index in [1.807, 2.05) is 30.3 Å². The number of non-ortho nitro benzene ring substituents is 1. The van der Waals surface area contributed by atoms with Crippen LogP contribution in [0.1, 0.15) is 17.5 Å². The van der Waals surface area contributed by atoms with Crippen LogP contribution in [0.2, 0.25) is 0 Å². The molecule has 0 fully saturated rings. The van der Waals surface area contributed by atoms with Gasteiger partial charge in [0.25, 0.3) is 5.69 Å². The third-order valence-electron chi connectivity index (χ3n) is 3.45. The molecule has 0 atom stereocenters. The zero-order valence-electron chi connectivity index (χ0n) is 11.4. The Morgan fingerprint density at radius 1 is 1.05 bits per heavy atom. The first-order valence-electron chi connectivity index (χ1n) is 6.79. The molecule has 4 nitrogen and oxygen atoms in total. The summed E-state index contributed by atoms with van der Waals surface area (Å²) in [7, 11) is 0. The largest absolute Gasteiger partial charge is 0.284 e. The van der Waals surface area contributed by atoms with Crippen molar-refractivity contribution in [1.82, 2.24) is 0 Å². The third kappa shape index (κ3) is 2.89. The van der Waals surface area contributed by atoms with Crippen molar-refractivity contribution < 1.29 is 4.92 Å². The van der Waals surface area contributed by atoms with Gasteiger partial charge in [-0.15, -0.1) is 0 Å². The fourth-order valence-corrected chi connectivity index (χ4v) is 2.41. The van der Waals surface area contributed by atoms with E-state index in [2.05, 4.69) is 11.1 Å². The highest BCUT2D eigenvalue weighted by molar-refractivity contribution is 6.16. The summed E-state index contributed by atoms with van der Waals surface area (Å²) in [5, 5.41) is 10.7. The molecule has 0 amide bonds. The Kier molecular flexibility index (Phi) is 3.60. The molecule has 2 aromatic rings. The maximum absolute atomic E-state index is 10.7. The molecule has 1 heterocycles. The molecular weight excluding hydrogens is 264 g/mol. The monoisotopic (exact) mass is 278 g/mol. The maximum Gasteiger partial charge on any atom is 0.269 e. The molecule has 0 aromatic heterocycles. The predicted molar refractivity (Wildman–Crippen MR) is 83.5 cm³/mol. The first-order chi connectivity index (χ1) is 10.2. The minimum Gasteiger partial charge on any atom is -0.284 e. The Bertz CT molecular complexity index is 716. The Balaban J connectivity index is 1.89. The van der Waals surface area contributed by atoms with Crippen LogP contribution in [0, 0.1) is 10.1 Å². The summed E-state index contributed by atoms with van der Waals surface area (Å²) < 4.78 is 0. The van der Waals surface area contributed by atoms with E-state index in [4.69, 9.17) is 0 Å². The van der Waals surface area contributed by atoms with Crippen LogP contribution >= 0.6 is 0 Å². The summed E-state index contributed by atoms with van der Waals surface area (Å²) in [6.07, 6.45) is 2.96. The van der Waals surface area contributed by atoms with E-state index in [-0.39, 0.29) is 10.6 Å². The Morgan fingerprint density at radius 3 is 2.43 bits per heavy atom. The van der Waals surface area contributed by atoms with Gasteiger partial charge in [-0.3, -0.25) is 15.1 Å². The Morgan fingerprint density at radius 2 is 1.76 bits per heavy atom. The molecule has 0 saturated carbocycles. The van der Waals surface area contributed by atoms with E-state index >= 15 is 0 Å². The summed E-state index contributed by atoms with van der Waals surface area (Å²) >= 11 is 0. The second-order valence-corrected chi connectivity index (χ2v) is 4.86. The van der Waals surface area contributed by atoms with Gasteiger partial charge in [-0.2, -0.15) is 0 Å². The van der Waals surface area contributed by atoms with Crippen LogP contribution in [0.15, 0.2) is 65.2 Å². The second-order valence-electron chi connectivity index (χ2n) is 4.86. The summed E-state index contributed by atoms with van der Waals surface area (Å²) in [5.41, 5.74) is 4.38. The minimum absolute atomic E-state index is 0.112. The summed E-state index contributed by atoms with van der Waals surface area (Å²) in [6, 6.07) is 16.7. The lowest BCUT2D eigenvalue weighted by Gasteiger charge is -2.04. The number of nitro benzene ring substituents is 1. The van der Waals surface area contributed by atoms with Gasteiger partial charge >= 0.3 is 0 Å². The molecule has 0 radical (unpaired) electrons. The molecule has 0 bridgehead atoms. The van der Waals surface area contributed by atoms with E-state index in [1.54, 1.807) is 12.1 Å². The normalized spacial score (nSPS) is 16.0. The first-order valence-corrected chi connectivity index (χ1v) is 6.79. The molecule has 3 rings (SSSR count). The fourth-order valence-electron chi connectivity index (χ4n) is 2.41. The zero-order valence-corrected chi connectivity index (χ0v) is 11.4. The van der Waals surface area contributed by atoms with Gasteiger partial charge in [-0.05, 0) is 41.3 Å². The maximum atomic E-state index is 10.7. The van der Waals surface area contributed by atoms with Gasteiger partial charge in [0.2, 0.25) is 0 Å². The molecular formula is C17H14N2O2. The lowest BCUT2D eigenvalue weighted by atomic mass is 10.00. The zero-order chi connectivity index (χ0) is 14.7. The van der Waals surface area contributed by atoms with Gasteiger partial charge in [-0.25, -0.2) is 0 Å².